The van der Waals surface area contributed by atoms with Gasteiger partial charge in [-0.15, -0.1) is 0 Å². The van der Waals surface area contributed by atoms with Gasteiger partial charge >= 0.3 is 11.9 Å². The van der Waals surface area contributed by atoms with E-state index in [0.717, 1.165) is 50.9 Å². The maximum atomic E-state index is 12.0. The van der Waals surface area contributed by atoms with Crippen LogP contribution in [0, 0.1) is 5.92 Å². The van der Waals surface area contributed by atoms with Gasteiger partial charge in [0.25, 0.3) is 0 Å². The summed E-state index contributed by atoms with van der Waals surface area (Å²) in [6, 6.07) is 0. The molecule has 0 aliphatic heterocycles. The summed E-state index contributed by atoms with van der Waals surface area (Å²) >= 11 is 0. The number of rotatable bonds is 37. The standard InChI is InChI=1S/C47H80O6/c1-4-5-31-37-44(48)38-33-28-24-20-16-12-10-14-18-22-26-30-35-40-47(51)53-42-45(49)41-52-46(50)39-34-29-25-21-17-13-9-7-6-8-11-15-19-23-27-32-36-43(2)3/h5,12,14,16,18,24,26,28,30-31,33,38,43-45,48-49H,4,6-11,13,15,17,19-23,25,27,29,32,34-37,39-42H2,1-3H3/b16-12-,18-14-,28-24+,30-26-,31-5-,38-33+/t44?,45-/m0/s1. The van der Waals surface area contributed by atoms with Crippen molar-refractivity contribution in [2.75, 3.05) is 13.2 Å². The zero-order chi connectivity index (χ0) is 38.9. The van der Waals surface area contributed by atoms with Crippen molar-refractivity contribution < 1.29 is 29.3 Å². The van der Waals surface area contributed by atoms with Crippen molar-refractivity contribution in [3.05, 3.63) is 72.9 Å². The van der Waals surface area contributed by atoms with Crippen molar-refractivity contribution in [1.82, 2.24) is 0 Å². The minimum atomic E-state index is -1.01. The highest BCUT2D eigenvalue weighted by Crippen LogP contribution is 2.15. The minimum Gasteiger partial charge on any atom is -0.463 e. The molecule has 0 aliphatic carbocycles. The van der Waals surface area contributed by atoms with Gasteiger partial charge in [-0.3, -0.25) is 9.59 Å². The van der Waals surface area contributed by atoms with Crippen LogP contribution in [0.2, 0.25) is 0 Å². The Kier molecular flexibility index (Phi) is 38.4. The first kappa shape index (κ1) is 50.3. The molecule has 304 valence electrons. The highest BCUT2D eigenvalue weighted by atomic mass is 16.6. The molecule has 0 spiro atoms. The van der Waals surface area contributed by atoms with Crippen molar-refractivity contribution in [3.63, 3.8) is 0 Å². The lowest BCUT2D eigenvalue weighted by Gasteiger charge is -2.12. The molecule has 0 aliphatic rings. The van der Waals surface area contributed by atoms with Crippen LogP contribution in [0.1, 0.15) is 181 Å². The predicted octanol–water partition coefficient (Wildman–Crippen LogP) is 12.6. The summed E-state index contributed by atoms with van der Waals surface area (Å²) in [5, 5.41) is 19.8. The summed E-state index contributed by atoms with van der Waals surface area (Å²) in [5.41, 5.74) is 0. The van der Waals surface area contributed by atoms with Crippen molar-refractivity contribution in [1.29, 1.82) is 0 Å². The molecule has 6 nitrogen and oxygen atoms in total. The molecule has 0 rings (SSSR count). The molecule has 0 saturated carbocycles. The summed E-state index contributed by atoms with van der Waals surface area (Å²) in [4.78, 5) is 24.0. The quantitative estimate of drug-likeness (QED) is 0.0285. The van der Waals surface area contributed by atoms with E-state index in [1.165, 1.54) is 89.9 Å². The molecule has 0 fully saturated rings. The molecule has 0 aromatic heterocycles. The molecule has 0 bridgehead atoms. The van der Waals surface area contributed by atoms with Crippen LogP contribution in [0.5, 0.6) is 0 Å². The first-order valence-corrected chi connectivity index (χ1v) is 21.5. The largest absolute Gasteiger partial charge is 0.463 e. The van der Waals surface area contributed by atoms with Gasteiger partial charge in [-0.05, 0) is 50.9 Å². The average molecular weight is 741 g/mol. The average Bonchev–Trinajstić information content (AvgIpc) is 3.14. The third-order valence-corrected chi connectivity index (χ3v) is 8.98. The first-order chi connectivity index (χ1) is 25.8. The van der Waals surface area contributed by atoms with Crippen LogP contribution in [0.3, 0.4) is 0 Å². The van der Waals surface area contributed by atoms with Crippen LogP contribution in [-0.4, -0.2) is 47.6 Å². The summed E-state index contributed by atoms with van der Waals surface area (Å²) in [7, 11) is 0. The summed E-state index contributed by atoms with van der Waals surface area (Å²) in [5.74, 6) is 0.172. The van der Waals surface area contributed by atoms with E-state index in [4.69, 9.17) is 9.47 Å². The van der Waals surface area contributed by atoms with Crippen LogP contribution >= 0.6 is 0 Å². The molecule has 0 aromatic carbocycles. The molecular weight excluding hydrogens is 661 g/mol. The van der Waals surface area contributed by atoms with E-state index >= 15 is 0 Å². The van der Waals surface area contributed by atoms with Gasteiger partial charge in [0.05, 0.1) is 6.10 Å². The van der Waals surface area contributed by atoms with Gasteiger partial charge < -0.3 is 19.7 Å². The van der Waals surface area contributed by atoms with Crippen LogP contribution in [0.4, 0.5) is 0 Å². The fourth-order valence-electron chi connectivity index (χ4n) is 5.73. The van der Waals surface area contributed by atoms with Crippen molar-refractivity contribution in [2.45, 2.75) is 193 Å². The van der Waals surface area contributed by atoms with Gasteiger partial charge in [0.1, 0.15) is 19.3 Å². The number of hydrogen-bond donors (Lipinski definition) is 2. The van der Waals surface area contributed by atoms with Gasteiger partial charge in [0.2, 0.25) is 0 Å². The molecule has 0 amide bonds. The van der Waals surface area contributed by atoms with Crippen molar-refractivity contribution in [2.24, 2.45) is 5.92 Å². The van der Waals surface area contributed by atoms with E-state index < -0.39 is 12.2 Å². The van der Waals surface area contributed by atoms with Crippen LogP contribution in [-0.2, 0) is 19.1 Å². The van der Waals surface area contributed by atoms with E-state index in [9.17, 15) is 19.8 Å². The molecule has 0 saturated heterocycles. The Bertz CT molecular complexity index is 1000. The third kappa shape index (κ3) is 41.9. The summed E-state index contributed by atoms with van der Waals surface area (Å²) in [6.07, 6.45) is 50.2. The lowest BCUT2D eigenvalue weighted by Crippen LogP contribution is -2.25. The number of allylic oxidation sites excluding steroid dienone is 10. The Morgan fingerprint density at radius 3 is 1.49 bits per heavy atom. The van der Waals surface area contributed by atoms with E-state index in [1.54, 1.807) is 6.08 Å². The lowest BCUT2D eigenvalue weighted by molar-refractivity contribution is -0.152. The van der Waals surface area contributed by atoms with Crippen LogP contribution in [0.15, 0.2) is 72.9 Å². The number of aliphatic hydroxyl groups is 2. The van der Waals surface area contributed by atoms with E-state index in [0.29, 0.717) is 19.3 Å². The van der Waals surface area contributed by atoms with Gasteiger partial charge in [0.15, 0.2) is 0 Å². The fourth-order valence-corrected chi connectivity index (χ4v) is 5.73. The van der Waals surface area contributed by atoms with Gasteiger partial charge in [-0.1, -0.05) is 196 Å². The Morgan fingerprint density at radius 2 is 0.981 bits per heavy atom. The maximum Gasteiger partial charge on any atom is 0.306 e. The monoisotopic (exact) mass is 741 g/mol. The second kappa shape index (κ2) is 40.5. The van der Waals surface area contributed by atoms with Crippen LogP contribution in [0.25, 0.3) is 0 Å². The molecular formula is C47H80O6. The van der Waals surface area contributed by atoms with E-state index in [2.05, 4.69) is 57.2 Å². The third-order valence-electron chi connectivity index (χ3n) is 8.98. The van der Waals surface area contributed by atoms with Gasteiger partial charge in [-0.25, -0.2) is 0 Å². The SMILES string of the molecule is CC/C=C\CC(O)/C=C/C=C/C/C=C\C/C=C\C/C=C\CCC(=O)OC[C@@H](O)COC(=O)CCCCCCCCCCCCCCCCCCC(C)C. The summed E-state index contributed by atoms with van der Waals surface area (Å²) in [6.45, 7) is 6.39. The minimum absolute atomic E-state index is 0.150. The predicted molar refractivity (Wildman–Crippen MR) is 225 cm³/mol. The number of ether oxygens (including phenoxy) is 2. The molecule has 2 atom stereocenters. The molecule has 1 unspecified atom stereocenters. The van der Waals surface area contributed by atoms with Crippen molar-refractivity contribution in [3.8, 4) is 0 Å². The second-order valence-corrected chi connectivity index (χ2v) is 14.8. The number of carbonyl (C=O) groups excluding carboxylic acids is 2. The number of esters is 2. The lowest BCUT2D eigenvalue weighted by atomic mass is 10.0. The smallest absolute Gasteiger partial charge is 0.306 e. The highest BCUT2D eigenvalue weighted by molar-refractivity contribution is 5.70. The number of carbonyl (C=O) groups is 2. The summed E-state index contributed by atoms with van der Waals surface area (Å²) < 4.78 is 10.3. The highest BCUT2D eigenvalue weighted by Gasteiger charge is 2.11. The van der Waals surface area contributed by atoms with Crippen LogP contribution < -0.4 is 0 Å². The second-order valence-electron chi connectivity index (χ2n) is 14.8. The number of hydrogen-bond acceptors (Lipinski definition) is 6. The first-order valence-electron chi connectivity index (χ1n) is 21.5. The van der Waals surface area contributed by atoms with Crippen molar-refractivity contribution >= 4 is 11.9 Å². The Balaban J connectivity index is 3.58. The number of unbranched alkanes of at least 4 members (excludes halogenated alkanes) is 15. The Morgan fingerprint density at radius 1 is 0.528 bits per heavy atom. The van der Waals surface area contributed by atoms with Gasteiger partial charge in [-0.2, -0.15) is 0 Å². The number of aliphatic hydroxyl groups excluding tert-OH is 2. The molecule has 0 aromatic rings. The maximum absolute atomic E-state index is 12.0. The Hall–Kier alpha value is -2.70. The molecule has 2 N–H and O–H groups in total. The van der Waals surface area contributed by atoms with E-state index in [-0.39, 0.29) is 31.6 Å². The molecule has 0 radical (unpaired) electrons. The topological polar surface area (TPSA) is 93.1 Å². The Labute approximate surface area is 326 Å². The fraction of sp³-hybridized carbons (Fsp3) is 0.702. The normalized spacial score (nSPS) is 13.6. The molecule has 6 heteroatoms. The zero-order valence-corrected chi connectivity index (χ0v) is 34.3. The van der Waals surface area contributed by atoms with Gasteiger partial charge in [0, 0.05) is 12.8 Å². The van der Waals surface area contributed by atoms with E-state index in [1.807, 2.05) is 30.4 Å². The molecule has 53 heavy (non-hydrogen) atoms. The molecule has 0 heterocycles. The zero-order valence-electron chi connectivity index (χ0n) is 34.3.